The van der Waals surface area contributed by atoms with Crippen LogP contribution in [0.2, 0.25) is 0 Å². The molecule has 0 saturated heterocycles. The Balaban J connectivity index is 2.24. The van der Waals surface area contributed by atoms with E-state index in [9.17, 15) is 0 Å². The van der Waals surface area contributed by atoms with Crippen LogP contribution in [0.5, 0.6) is 0 Å². The summed E-state index contributed by atoms with van der Waals surface area (Å²) in [6.45, 7) is 2.78. The van der Waals surface area contributed by atoms with Gasteiger partial charge in [0.15, 0.2) is 0 Å². The van der Waals surface area contributed by atoms with Gasteiger partial charge in [0.2, 0.25) is 0 Å². The van der Waals surface area contributed by atoms with Gasteiger partial charge in [0.1, 0.15) is 5.82 Å². The molecule has 0 aromatic carbocycles. The first-order valence-electron chi connectivity index (χ1n) is 4.22. The number of imidazole rings is 1. The van der Waals surface area contributed by atoms with Gasteiger partial charge in [-0.1, -0.05) is 0 Å². The van der Waals surface area contributed by atoms with Gasteiger partial charge in [0.05, 0.1) is 6.54 Å². The maximum atomic E-state index is 4.23. The lowest BCUT2D eigenvalue weighted by atomic mass is 10.5. The highest BCUT2D eigenvalue weighted by molar-refractivity contribution is 5.00. The summed E-state index contributed by atoms with van der Waals surface area (Å²) in [6, 6.07) is 1.99. The third kappa shape index (κ3) is 1.47. The Morgan fingerprint density at radius 2 is 2.23 bits per heavy atom. The molecule has 2 heterocycles. The van der Waals surface area contributed by atoms with Crippen molar-refractivity contribution in [1.82, 2.24) is 19.3 Å². The average molecular weight is 176 g/mol. The first-order valence-corrected chi connectivity index (χ1v) is 4.22. The van der Waals surface area contributed by atoms with Crippen LogP contribution in [0.4, 0.5) is 0 Å². The largest absolute Gasteiger partial charge is 0.336 e. The number of hydrogen-bond acceptors (Lipinski definition) is 2. The Bertz CT molecular complexity index is 361. The normalized spacial score (nSPS) is 10.6. The van der Waals surface area contributed by atoms with Crippen molar-refractivity contribution in [3.8, 4) is 0 Å². The van der Waals surface area contributed by atoms with Crippen LogP contribution < -0.4 is 0 Å². The van der Waals surface area contributed by atoms with Gasteiger partial charge in [-0.2, -0.15) is 5.10 Å². The second-order valence-electron chi connectivity index (χ2n) is 3.08. The molecule has 0 aliphatic carbocycles. The molecule has 0 aliphatic rings. The Morgan fingerprint density at radius 1 is 1.38 bits per heavy atom. The SMILES string of the molecule is Cc1ccnn1Cc1nccn1C. The van der Waals surface area contributed by atoms with E-state index in [1.165, 1.54) is 0 Å². The number of nitrogens with zero attached hydrogens (tertiary/aromatic N) is 4. The average Bonchev–Trinajstić information content (AvgIpc) is 2.65. The number of aromatic nitrogens is 4. The summed E-state index contributed by atoms with van der Waals surface area (Å²) in [6.07, 6.45) is 5.54. The van der Waals surface area contributed by atoms with E-state index in [-0.39, 0.29) is 0 Å². The molecule has 0 unspecified atom stereocenters. The fraction of sp³-hybridized carbons (Fsp3) is 0.333. The van der Waals surface area contributed by atoms with E-state index >= 15 is 0 Å². The van der Waals surface area contributed by atoms with E-state index in [1.807, 2.05) is 35.5 Å². The van der Waals surface area contributed by atoms with Gasteiger partial charge in [-0.05, 0) is 13.0 Å². The van der Waals surface area contributed by atoms with Crippen LogP contribution in [0, 0.1) is 6.92 Å². The molecule has 0 atom stereocenters. The third-order valence-corrected chi connectivity index (χ3v) is 2.14. The summed E-state index contributed by atoms with van der Waals surface area (Å²) >= 11 is 0. The van der Waals surface area contributed by atoms with E-state index in [1.54, 1.807) is 12.4 Å². The Hall–Kier alpha value is -1.58. The van der Waals surface area contributed by atoms with E-state index in [4.69, 9.17) is 0 Å². The van der Waals surface area contributed by atoms with Crippen molar-refractivity contribution >= 4 is 0 Å². The monoisotopic (exact) mass is 176 g/mol. The predicted molar refractivity (Wildman–Crippen MR) is 49.3 cm³/mol. The second-order valence-corrected chi connectivity index (χ2v) is 3.08. The van der Waals surface area contributed by atoms with Gasteiger partial charge in [-0.25, -0.2) is 4.98 Å². The van der Waals surface area contributed by atoms with Crippen LogP contribution in [-0.2, 0) is 13.6 Å². The quantitative estimate of drug-likeness (QED) is 0.683. The van der Waals surface area contributed by atoms with E-state index < -0.39 is 0 Å². The van der Waals surface area contributed by atoms with Crippen molar-refractivity contribution in [2.45, 2.75) is 13.5 Å². The minimum atomic E-state index is 0.738. The zero-order valence-electron chi connectivity index (χ0n) is 7.81. The topological polar surface area (TPSA) is 35.6 Å². The molecule has 13 heavy (non-hydrogen) atoms. The summed E-state index contributed by atoms with van der Waals surface area (Å²) in [7, 11) is 1.99. The maximum Gasteiger partial charge on any atom is 0.130 e. The van der Waals surface area contributed by atoms with Crippen LogP contribution in [0.25, 0.3) is 0 Å². The van der Waals surface area contributed by atoms with Gasteiger partial charge >= 0.3 is 0 Å². The van der Waals surface area contributed by atoms with Crippen LogP contribution in [0.15, 0.2) is 24.7 Å². The van der Waals surface area contributed by atoms with Crippen molar-refractivity contribution in [2.24, 2.45) is 7.05 Å². The lowest BCUT2D eigenvalue weighted by Gasteiger charge is -2.03. The molecular weight excluding hydrogens is 164 g/mol. The van der Waals surface area contributed by atoms with Gasteiger partial charge in [0.25, 0.3) is 0 Å². The number of rotatable bonds is 2. The van der Waals surface area contributed by atoms with E-state index in [0.29, 0.717) is 0 Å². The van der Waals surface area contributed by atoms with Crippen LogP contribution in [0.1, 0.15) is 11.5 Å². The molecule has 68 valence electrons. The zero-order chi connectivity index (χ0) is 9.26. The highest BCUT2D eigenvalue weighted by atomic mass is 15.3. The molecule has 0 fully saturated rings. The van der Waals surface area contributed by atoms with Crippen molar-refractivity contribution in [3.63, 3.8) is 0 Å². The maximum absolute atomic E-state index is 4.23. The smallest absolute Gasteiger partial charge is 0.130 e. The fourth-order valence-corrected chi connectivity index (χ4v) is 1.25. The van der Waals surface area contributed by atoms with Crippen molar-refractivity contribution < 1.29 is 0 Å². The molecule has 0 aliphatic heterocycles. The van der Waals surface area contributed by atoms with Crippen molar-refractivity contribution in [3.05, 3.63) is 36.2 Å². The lowest BCUT2D eigenvalue weighted by molar-refractivity contribution is 0.616. The highest BCUT2D eigenvalue weighted by Gasteiger charge is 2.02. The molecule has 0 radical (unpaired) electrons. The van der Waals surface area contributed by atoms with Gasteiger partial charge in [0, 0.05) is 31.3 Å². The van der Waals surface area contributed by atoms with Gasteiger partial charge in [-0.15, -0.1) is 0 Å². The molecule has 2 aromatic heterocycles. The molecule has 4 heteroatoms. The molecule has 0 bridgehead atoms. The van der Waals surface area contributed by atoms with E-state index in [0.717, 1.165) is 18.1 Å². The summed E-state index contributed by atoms with van der Waals surface area (Å²) in [5, 5.41) is 4.20. The van der Waals surface area contributed by atoms with Crippen molar-refractivity contribution in [1.29, 1.82) is 0 Å². The molecule has 4 nitrogen and oxygen atoms in total. The summed E-state index contributed by atoms with van der Waals surface area (Å²) < 4.78 is 3.93. The predicted octanol–water partition coefficient (Wildman–Crippen LogP) is 0.973. The third-order valence-electron chi connectivity index (χ3n) is 2.14. The molecule has 0 saturated carbocycles. The molecule has 0 N–H and O–H groups in total. The van der Waals surface area contributed by atoms with Crippen LogP contribution >= 0.6 is 0 Å². The first kappa shape index (κ1) is 8.04. The summed E-state index contributed by atoms with van der Waals surface area (Å²) in [4.78, 5) is 4.23. The molecule has 0 spiro atoms. The fourth-order valence-electron chi connectivity index (χ4n) is 1.25. The lowest BCUT2D eigenvalue weighted by Crippen LogP contribution is -2.08. The summed E-state index contributed by atoms with van der Waals surface area (Å²) in [5.41, 5.74) is 1.16. The van der Waals surface area contributed by atoms with Gasteiger partial charge < -0.3 is 4.57 Å². The minimum absolute atomic E-state index is 0.738. The number of aryl methyl sites for hydroxylation is 2. The molecule has 0 amide bonds. The zero-order valence-corrected chi connectivity index (χ0v) is 7.81. The van der Waals surface area contributed by atoms with Gasteiger partial charge in [-0.3, -0.25) is 4.68 Å². The second kappa shape index (κ2) is 3.05. The summed E-state index contributed by atoms with van der Waals surface area (Å²) in [5.74, 6) is 1.02. The minimum Gasteiger partial charge on any atom is -0.336 e. The molecule has 2 rings (SSSR count). The Morgan fingerprint density at radius 3 is 2.77 bits per heavy atom. The van der Waals surface area contributed by atoms with Crippen LogP contribution in [0.3, 0.4) is 0 Å². The highest BCUT2D eigenvalue weighted by Crippen LogP contribution is 2.01. The van der Waals surface area contributed by atoms with E-state index in [2.05, 4.69) is 10.1 Å². The number of hydrogen-bond donors (Lipinski definition) is 0. The molecule has 2 aromatic rings. The Kier molecular flexibility index (Phi) is 1.88. The first-order chi connectivity index (χ1) is 6.27. The standard InChI is InChI=1S/C9H12N4/c1-8-3-4-11-13(8)7-9-10-5-6-12(9)2/h3-6H,7H2,1-2H3. The van der Waals surface area contributed by atoms with Crippen LogP contribution in [-0.4, -0.2) is 19.3 Å². The Labute approximate surface area is 76.8 Å². The molecular formula is C9H12N4. The van der Waals surface area contributed by atoms with Crippen molar-refractivity contribution in [2.75, 3.05) is 0 Å².